The van der Waals surface area contributed by atoms with E-state index in [2.05, 4.69) is 179 Å². The van der Waals surface area contributed by atoms with Crippen molar-refractivity contribution in [3.63, 3.8) is 0 Å². The minimum Gasteiger partial charge on any atom is -0.309 e. The molecule has 310 valence electrons. The summed E-state index contributed by atoms with van der Waals surface area (Å²) in [7, 11) is -6.94. The second-order valence-corrected chi connectivity index (χ2v) is 22.9. The van der Waals surface area contributed by atoms with Gasteiger partial charge in [0.1, 0.15) is 0 Å². The van der Waals surface area contributed by atoms with E-state index in [9.17, 15) is 0 Å². The zero-order chi connectivity index (χ0) is 43.7. The van der Waals surface area contributed by atoms with Crippen molar-refractivity contribution in [3.05, 3.63) is 231 Å². The number of nitrogens with zero attached hydrogens (tertiary/aromatic N) is 2. The average Bonchev–Trinajstić information content (AvgIpc) is 4.07. The van der Waals surface area contributed by atoms with E-state index >= 15 is 9.13 Å². The molecule has 0 saturated carbocycles. The maximum atomic E-state index is 16.6. The number of para-hydroxylation sites is 4. The summed E-state index contributed by atoms with van der Waals surface area (Å²) in [4.78, 5) is 0. The molecule has 10 aromatic carbocycles. The highest BCUT2D eigenvalue weighted by Crippen LogP contribution is 2.62. The van der Waals surface area contributed by atoms with Crippen molar-refractivity contribution >= 4 is 89.7 Å². The van der Waals surface area contributed by atoms with Gasteiger partial charge < -0.3 is 18.3 Å². The van der Waals surface area contributed by atoms with Crippen LogP contribution in [0.5, 0.6) is 0 Å². The molecule has 2 aliphatic rings. The zero-order valence-electron chi connectivity index (χ0n) is 35.5. The fourth-order valence-corrected chi connectivity index (χ4v) is 17.6. The van der Waals surface area contributed by atoms with Gasteiger partial charge in [-0.2, -0.15) is 0 Å². The monoisotopic (exact) mass is 880 g/mol. The minimum absolute atomic E-state index is 0.761. The van der Waals surface area contributed by atoms with E-state index in [1.807, 2.05) is 60.7 Å². The van der Waals surface area contributed by atoms with Crippen molar-refractivity contribution in [2.24, 2.45) is 0 Å². The summed E-state index contributed by atoms with van der Waals surface area (Å²) in [5.41, 5.74) is 12.2. The van der Waals surface area contributed by atoms with Crippen LogP contribution in [-0.4, -0.2) is 9.13 Å². The van der Waals surface area contributed by atoms with Crippen LogP contribution in [0.25, 0.3) is 88.4 Å². The van der Waals surface area contributed by atoms with Gasteiger partial charge in [-0.15, -0.1) is 0 Å². The summed E-state index contributed by atoms with van der Waals surface area (Å²) in [6.07, 6.45) is 0. The molecule has 12 aromatic rings. The summed E-state index contributed by atoms with van der Waals surface area (Å²) in [6, 6.07) is 79.8. The van der Waals surface area contributed by atoms with Crippen LogP contribution >= 0.6 is 14.3 Å². The number of fused-ring (bicyclic) bond motifs is 6. The number of aromatic nitrogens is 2. The van der Waals surface area contributed by atoms with Crippen molar-refractivity contribution in [3.8, 4) is 44.8 Å². The van der Waals surface area contributed by atoms with Gasteiger partial charge in [0.25, 0.3) is 0 Å². The minimum atomic E-state index is -3.47. The Bertz CT molecular complexity index is 3660. The van der Waals surface area contributed by atoms with Crippen LogP contribution in [0.2, 0.25) is 0 Å². The Balaban J connectivity index is 0.958. The highest BCUT2D eigenvalue weighted by Gasteiger charge is 2.52. The fraction of sp³-hybridized carbons (Fsp3) is 0. The molecule has 14 rings (SSSR count). The Labute approximate surface area is 381 Å². The van der Waals surface area contributed by atoms with Crippen LogP contribution < -0.4 is 31.8 Å². The highest BCUT2D eigenvalue weighted by atomic mass is 31.2. The molecule has 0 bridgehead atoms. The van der Waals surface area contributed by atoms with Crippen LogP contribution in [-0.2, 0) is 9.13 Å². The first-order chi connectivity index (χ1) is 32.5. The lowest BCUT2D eigenvalue weighted by Gasteiger charge is -2.24. The van der Waals surface area contributed by atoms with Crippen molar-refractivity contribution in [1.29, 1.82) is 0 Å². The first kappa shape index (κ1) is 37.6. The molecule has 0 radical (unpaired) electrons. The van der Waals surface area contributed by atoms with Crippen LogP contribution in [0, 0.1) is 0 Å². The van der Waals surface area contributed by atoms with Gasteiger partial charge in [-0.25, -0.2) is 0 Å². The SMILES string of the molecule is O=P1(c2ccccc2)c2cc(-c3ccc(-n4c5ccccc5c5ccccc54)cc3)cc3c2-c2c1cc(-c1ccc(-n4c5ccccc5c5ccccc54)cc1)cc2P3(=O)c1ccccc1. The lowest BCUT2D eigenvalue weighted by molar-refractivity contribution is 0.592. The molecular weight excluding hydrogens is 843 g/mol. The molecule has 4 heterocycles. The molecule has 0 fully saturated rings. The number of benzene rings is 10. The van der Waals surface area contributed by atoms with E-state index in [-0.39, 0.29) is 0 Å². The molecule has 0 aliphatic carbocycles. The third-order valence-corrected chi connectivity index (χ3v) is 20.3. The van der Waals surface area contributed by atoms with Crippen molar-refractivity contribution in [2.45, 2.75) is 0 Å². The zero-order valence-corrected chi connectivity index (χ0v) is 37.3. The molecule has 2 aliphatic heterocycles. The Morgan fingerprint density at radius 3 is 0.848 bits per heavy atom. The molecule has 66 heavy (non-hydrogen) atoms. The van der Waals surface area contributed by atoms with Crippen molar-refractivity contribution in [2.75, 3.05) is 0 Å². The second kappa shape index (κ2) is 13.9. The fourth-order valence-electron chi connectivity index (χ4n) is 11.2. The summed E-state index contributed by atoms with van der Waals surface area (Å²) in [5, 5.41) is 9.44. The first-order valence-corrected chi connectivity index (χ1v) is 25.8. The normalized spacial score (nSPS) is 14.1. The molecule has 0 atom stereocenters. The van der Waals surface area contributed by atoms with Crippen LogP contribution in [0.1, 0.15) is 0 Å². The smallest absolute Gasteiger partial charge is 0.172 e. The van der Waals surface area contributed by atoms with E-state index in [0.29, 0.717) is 0 Å². The van der Waals surface area contributed by atoms with E-state index < -0.39 is 14.3 Å². The van der Waals surface area contributed by atoms with Gasteiger partial charge in [0.2, 0.25) is 0 Å². The molecule has 2 aromatic heterocycles. The largest absolute Gasteiger partial charge is 0.309 e. The molecular formula is C60H38N2O2P2. The van der Waals surface area contributed by atoms with Gasteiger partial charge in [-0.3, -0.25) is 0 Å². The van der Waals surface area contributed by atoms with Gasteiger partial charge in [0, 0.05) is 75.9 Å². The third-order valence-electron chi connectivity index (χ3n) is 14.1. The number of hydrogen-bond donors (Lipinski definition) is 0. The van der Waals surface area contributed by atoms with Crippen molar-refractivity contribution < 1.29 is 9.13 Å². The Morgan fingerprint density at radius 1 is 0.273 bits per heavy atom. The van der Waals surface area contributed by atoms with E-state index in [0.717, 1.165) is 98.6 Å². The molecule has 0 unspecified atom stereocenters. The second-order valence-electron chi connectivity index (χ2n) is 17.5. The summed E-state index contributed by atoms with van der Waals surface area (Å²) in [5.74, 6) is 0. The highest BCUT2D eigenvalue weighted by molar-refractivity contribution is 7.90. The lowest BCUT2D eigenvalue weighted by Crippen LogP contribution is -2.28. The van der Waals surface area contributed by atoms with Crippen LogP contribution in [0.4, 0.5) is 0 Å². The maximum absolute atomic E-state index is 16.6. The standard InChI is InChI=1S/C60H38N2O2P2/c63-65(45-15-3-1-4-16-45)55-35-41(39-27-31-43(32-28-39)61-51-23-11-7-19-47(51)48-20-8-12-24-52(48)61)37-57-59(55)60-56(65)36-42(38-58(60)66(57,64)46-17-5-2-6-18-46)40-29-33-44(34-30-40)62-53-25-13-9-21-49(53)50-22-10-14-26-54(50)62/h1-38H. The topological polar surface area (TPSA) is 44.0 Å². The molecule has 0 spiro atoms. The quantitative estimate of drug-likeness (QED) is 0.156. The third kappa shape index (κ3) is 5.06. The molecule has 0 N–H and O–H groups in total. The Morgan fingerprint density at radius 2 is 0.545 bits per heavy atom. The van der Waals surface area contributed by atoms with Gasteiger partial charge in [0.15, 0.2) is 14.3 Å². The van der Waals surface area contributed by atoms with Crippen LogP contribution in [0.15, 0.2) is 231 Å². The molecule has 6 heteroatoms. The van der Waals surface area contributed by atoms with E-state index in [4.69, 9.17) is 0 Å². The van der Waals surface area contributed by atoms with Crippen LogP contribution in [0.3, 0.4) is 0 Å². The Hall–Kier alpha value is -7.74. The number of rotatable bonds is 6. The number of hydrogen-bond acceptors (Lipinski definition) is 2. The van der Waals surface area contributed by atoms with Crippen molar-refractivity contribution in [1.82, 2.24) is 9.13 Å². The van der Waals surface area contributed by atoms with Gasteiger partial charge in [0.05, 0.1) is 22.1 Å². The van der Waals surface area contributed by atoms with Gasteiger partial charge in [-0.05, 0) is 95.1 Å². The predicted molar refractivity (Wildman–Crippen MR) is 277 cm³/mol. The summed E-state index contributed by atoms with van der Waals surface area (Å²) < 4.78 is 37.8. The van der Waals surface area contributed by atoms with E-state index in [1.54, 1.807) is 0 Å². The predicted octanol–water partition coefficient (Wildman–Crippen LogP) is 12.8. The molecule has 0 amide bonds. The van der Waals surface area contributed by atoms with Gasteiger partial charge in [-0.1, -0.05) is 158 Å². The summed E-state index contributed by atoms with van der Waals surface area (Å²) >= 11 is 0. The lowest BCUT2D eigenvalue weighted by atomic mass is 9.98. The average molecular weight is 881 g/mol. The first-order valence-electron chi connectivity index (χ1n) is 22.4. The maximum Gasteiger partial charge on any atom is 0.172 e. The Kier molecular flexibility index (Phi) is 7.91. The molecule has 4 nitrogen and oxygen atoms in total. The van der Waals surface area contributed by atoms with Gasteiger partial charge >= 0.3 is 0 Å². The van der Waals surface area contributed by atoms with E-state index in [1.165, 1.54) is 21.5 Å². The summed E-state index contributed by atoms with van der Waals surface area (Å²) in [6.45, 7) is 0. The molecule has 0 saturated heterocycles.